The van der Waals surface area contributed by atoms with Crippen molar-refractivity contribution in [3.05, 3.63) is 70.0 Å². The second-order valence-electron chi connectivity index (χ2n) is 13.1. The number of anilines is 1. The zero-order valence-corrected chi connectivity index (χ0v) is 28.9. The van der Waals surface area contributed by atoms with Crippen LogP contribution in [0.3, 0.4) is 0 Å². The zero-order chi connectivity index (χ0) is 35.5. The van der Waals surface area contributed by atoms with Crippen LogP contribution < -0.4 is 20.8 Å². The Balaban J connectivity index is 1.33. The fourth-order valence-electron chi connectivity index (χ4n) is 6.34. The molecule has 0 aliphatic carbocycles. The average Bonchev–Trinajstić information content (AvgIpc) is 3.45. The fraction of sp³-hybridized carbons (Fsp3) is 0.472. The van der Waals surface area contributed by atoms with E-state index in [1.54, 1.807) is 71.9 Å². The van der Waals surface area contributed by atoms with Gasteiger partial charge in [0.15, 0.2) is 23.7 Å². The summed E-state index contributed by atoms with van der Waals surface area (Å²) in [6, 6.07) is 11.9. The molecule has 0 spiro atoms. The van der Waals surface area contributed by atoms with E-state index in [4.69, 9.17) is 18.3 Å². The summed E-state index contributed by atoms with van der Waals surface area (Å²) in [5.41, 5.74) is 1.04. The van der Waals surface area contributed by atoms with E-state index >= 15 is 0 Å². The van der Waals surface area contributed by atoms with E-state index in [2.05, 4.69) is 5.32 Å². The third kappa shape index (κ3) is 7.65. The van der Waals surface area contributed by atoms with Crippen molar-refractivity contribution in [2.24, 2.45) is 0 Å². The topological polar surface area (TPSA) is 152 Å². The van der Waals surface area contributed by atoms with Gasteiger partial charge in [0.05, 0.1) is 11.7 Å². The van der Waals surface area contributed by atoms with Gasteiger partial charge in [0.2, 0.25) is 5.91 Å². The maximum absolute atomic E-state index is 14.3. The lowest BCUT2D eigenvalue weighted by Crippen LogP contribution is -2.55. The number of ether oxygens (including phenoxy) is 2. The third-order valence-corrected chi connectivity index (χ3v) is 8.78. The molecule has 49 heavy (non-hydrogen) atoms. The molecule has 2 aliphatic rings. The number of amides is 4. The van der Waals surface area contributed by atoms with Crippen molar-refractivity contribution in [2.45, 2.75) is 85.1 Å². The molecule has 1 atom stereocenters. The summed E-state index contributed by atoms with van der Waals surface area (Å²) >= 11 is 0. The third-order valence-electron chi connectivity index (χ3n) is 8.78. The van der Waals surface area contributed by atoms with Crippen LogP contribution >= 0.6 is 0 Å². The van der Waals surface area contributed by atoms with Crippen LogP contribution in [-0.2, 0) is 20.9 Å². The number of benzene rings is 2. The fourth-order valence-corrected chi connectivity index (χ4v) is 6.34. The number of rotatable bonds is 10. The molecule has 1 saturated heterocycles. The number of hydrogen-bond acceptors (Lipinski definition) is 9. The molecule has 262 valence electrons. The highest BCUT2D eigenvalue weighted by Crippen LogP contribution is 2.40. The predicted octanol–water partition coefficient (Wildman–Crippen LogP) is 4.89. The van der Waals surface area contributed by atoms with Crippen molar-refractivity contribution >= 4 is 29.5 Å². The minimum atomic E-state index is -1.13. The van der Waals surface area contributed by atoms with Crippen molar-refractivity contribution in [2.75, 3.05) is 31.1 Å². The Labute approximate surface area is 285 Å². The Morgan fingerprint density at radius 3 is 2.53 bits per heavy atom. The summed E-state index contributed by atoms with van der Waals surface area (Å²) in [7, 11) is 0. The Bertz CT molecular complexity index is 1760. The molecule has 1 aromatic heterocycles. The smallest absolute Gasteiger partial charge is 0.476 e. The lowest BCUT2D eigenvalue weighted by molar-refractivity contribution is -0.132. The molecule has 5 rings (SSSR count). The minimum Gasteiger partial charge on any atom is -0.476 e. The number of nitrogens with one attached hydrogen (secondary N) is 1. The summed E-state index contributed by atoms with van der Waals surface area (Å²) in [6.45, 7) is 11.7. The number of likely N-dealkylation sites (tertiary alicyclic amines) is 1. The highest BCUT2D eigenvalue weighted by Gasteiger charge is 2.42. The molecular formula is C36H44N4O9. The van der Waals surface area contributed by atoms with Crippen molar-refractivity contribution < 1.29 is 37.5 Å². The molecule has 3 aromatic rings. The number of aryl methyl sites for hydroxylation is 1. The highest BCUT2D eigenvalue weighted by molar-refractivity contribution is 6.05. The second kappa shape index (κ2) is 14.6. The standard InChI is InChI=1S/C36H44N4O9/c1-7-30(41)37-15-17-39-27-19-26(23(4)18-28(27)49-36(5,6)33(39)43)32(42)40(22(2)3)25-14-11-16-38(20-25)34(44)46-21-29-31(48-35(45)47-29)24-12-9-8-10-13-24/h8-10,12-13,18-19,22,25H,7,11,14-17,20-21H2,1-6H3,(H,37,41)/t25-/m1/s1. The highest BCUT2D eigenvalue weighted by atomic mass is 16.6. The molecule has 2 aromatic carbocycles. The first-order chi connectivity index (χ1) is 23.3. The molecule has 4 amide bonds. The van der Waals surface area contributed by atoms with Gasteiger partial charge in [0.25, 0.3) is 11.8 Å². The lowest BCUT2D eigenvalue weighted by atomic mass is 9.97. The summed E-state index contributed by atoms with van der Waals surface area (Å²) in [5.74, 6) is -0.743. The van der Waals surface area contributed by atoms with E-state index < -0.39 is 17.5 Å². The van der Waals surface area contributed by atoms with Gasteiger partial charge in [-0.2, -0.15) is 0 Å². The van der Waals surface area contributed by atoms with E-state index in [-0.39, 0.29) is 67.6 Å². The van der Waals surface area contributed by atoms with Crippen LogP contribution in [0.5, 0.6) is 5.75 Å². The molecule has 0 bridgehead atoms. The van der Waals surface area contributed by atoms with Gasteiger partial charge in [-0.1, -0.05) is 37.3 Å². The van der Waals surface area contributed by atoms with Crippen molar-refractivity contribution in [1.82, 2.24) is 15.1 Å². The molecule has 13 heteroatoms. The summed E-state index contributed by atoms with van der Waals surface area (Å²) in [4.78, 5) is 69.7. The molecule has 0 saturated carbocycles. The molecule has 1 fully saturated rings. The van der Waals surface area contributed by atoms with Crippen molar-refractivity contribution in [3.63, 3.8) is 0 Å². The summed E-state index contributed by atoms with van der Waals surface area (Å²) < 4.78 is 22.0. The Kier molecular flexibility index (Phi) is 10.5. The maximum atomic E-state index is 14.3. The molecule has 0 radical (unpaired) electrons. The first-order valence-corrected chi connectivity index (χ1v) is 16.7. The summed E-state index contributed by atoms with van der Waals surface area (Å²) in [5, 5.41) is 2.81. The number of hydrogen-bond donors (Lipinski definition) is 1. The van der Waals surface area contributed by atoms with E-state index in [1.165, 1.54) is 0 Å². The van der Waals surface area contributed by atoms with Gasteiger partial charge in [0, 0.05) is 49.8 Å². The van der Waals surface area contributed by atoms with Crippen molar-refractivity contribution in [1.29, 1.82) is 0 Å². The molecule has 0 unspecified atom stereocenters. The number of nitrogens with zero attached hydrogens (tertiary/aromatic N) is 3. The molecule has 1 N–H and O–H groups in total. The zero-order valence-electron chi connectivity index (χ0n) is 28.9. The lowest BCUT2D eigenvalue weighted by Gasteiger charge is -2.42. The van der Waals surface area contributed by atoms with E-state index in [0.717, 1.165) is 0 Å². The van der Waals surface area contributed by atoms with Gasteiger partial charge in [0.1, 0.15) is 5.75 Å². The number of carbonyl (C=O) groups is 4. The monoisotopic (exact) mass is 676 g/mol. The Morgan fingerprint density at radius 2 is 1.84 bits per heavy atom. The van der Waals surface area contributed by atoms with E-state index in [1.807, 2.05) is 26.8 Å². The molecule has 2 aliphatic heterocycles. The second-order valence-corrected chi connectivity index (χ2v) is 13.1. The Morgan fingerprint density at radius 1 is 1.10 bits per heavy atom. The molecule has 13 nitrogen and oxygen atoms in total. The predicted molar refractivity (Wildman–Crippen MR) is 180 cm³/mol. The number of carbonyl (C=O) groups excluding carboxylic acids is 4. The van der Waals surface area contributed by atoms with Crippen LogP contribution in [0.25, 0.3) is 11.3 Å². The SMILES string of the molecule is CCC(=O)NCCN1C(=O)C(C)(C)Oc2cc(C)c(C(=O)N(C(C)C)[C@@H]3CCCN(C(=O)OCc4oc(=O)oc4-c4ccccc4)C3)cc21. The Hall–Kier alpha value is -5.07. The van der Waals surface area contributed by atoms with Crippen LogP contribution in [0, 0.1) is 6.92 Å². The van der Waals surface area contributed by atoms with Crippen LogP contribution in [0.4, 0.5) is 10.5 Å². The van der Waals surface area contributed by atoms with Gasteiger partial charge in [-0.3, -0.25) is 14.4 Å². The van der Waals surface area contributed by atoms with E-state index in [0.29, 0.717) is 53.9 Å². The summed E-state index contributed by atoms with van der Waals surface area (Å²) in [6.07, 6.45) is 1.05. The van der Waals surface area contributed by atoms with Crippen LogP contribution in [-0.4, -0.2) is 77.5 Å². The quantitative estimate of drug-likeness (QED) is 0.316. The first-order valence-electron chi connectivity index (χ1n) is 16.7. The van der Waals surface area contributed by atoms with Gasteiger partial charge in [-0.15, -0.1) is 0 Å². The van der Waals surface area contributed by atoms with Crippen molar-refractivity contribution in [3.8, 4) is 17.1 Å². The van der Waals surface area contributed by atoms with Crippen LogP contribution in [0.2, 0.25) is 0 Å². The molecular weight excluding hydrogens is 632 g/mol. The normalized spacial score (nSPS) is 17.0. The minimum absolute atomic E-state index is 0.104. The van der Waals surface area contributed by atoms with Gasteiger partial charge in [-0.05, 0) is 65.2 Å². The van der Waals surface area contributed by atoms with Crippen LogP contribution in [0.15, 0.2) is 56.1 Å². The first kappa shape index (κ1) is 35.2. The van der Waals surface area contributed by atoms with Gasteiger partial charge in [-0.25, -0.2) is 9.59 Å². The maximum Gasteiger partial charge on any atom is 0.519 e. The van der Waals surface area contributed by atoms with E-state index in [9.17, 15) is 24.0 Å². The molecule has 3 heterocycles. The largest absolute Gasteiger partial charge is 0.519 e. The van der Waals surface area contributed by atoms with Crippen LogP contribution in [0.1, 0.15) is 75.6 Å². The number of piperidine rings is 1. The van der Waals surface area contributed by atoms with Gasteiger partial charge >= 0.3 is 11.9 Å². The average molecular weight is 677 g/mol. The number of fused-ring (bicyclic) bond motifs is 1. The van der Waals surface area contributed by atoms with Gasteiger partial charge < -0.3 is 38.3 Å².